The van der Waals surface area contributed by atoms with E-state index in [1.54, 1.807) is 6.07 Å². The second-order valence-electron chi connectivity index (χ2n) is 4.05. The van der Waals surface area contributed by atoms with E-state index in [-0.39, 0.29) is 22.8 Å². The predicted octanol–water partition coefficient (Wildman–Crippen LogP) is 4.23. The maximum absolute atomic E-state index is 13.5. The molecule has 0 radical (unpaired) electrons. The van der Waals surface area contributed by atoms with Gasteiger partial charge in [-0.1, -0.05) is 15.9 Å². The molecule has 0 spiro atoms. The lowest BCUT2D eigenvalue weighted by Gasteiger charge is -2.10. The minimum absolute atomic E-state index is 0.0167. The molecule has 0 saturated carbocycles. The first-order valence-corrected chi connectivity index (χ1v) is 8.68. The number of benzene rings is 2. The fraction of sp³-hybridized carbons (Fsp3) is 0.0769. The van der Waals surface area contributed by atoms with Gasteiger partial charge in [0.05, 0.1) is 0 Å². The van der Waals surface area contributed by atoms with Crippen LogP contribution in [0, 0.1) is 11.6 Å². The first kappa shape index (κ1) is 16.2. The third-order valence-corrected chi connectivity index (χ3v) is 4.40. The van der Waals surface area contributed by atoms with Crippen LogP contribution in [0.4, 0.5) is 8.78 Å². The Bertz CT molecular complexity index is 781. The van der Waals surface area contributed by atoms with E-state index in [9.17, 15) is 17.2 Å². The summed E-state index contributed by atoms with van der Waals surface area (Å²) in [7, 11) is 1.30. The summed E-state index contributed by atoms with van der Waals surface area (Å²) in [5.41, 5.74) is 0.0947. The number of halogens is 4. The molecule has 0 bridgehead atoms. The van der Waals surface area contributed by atoms with E-state index in [1.807, 2.05) is 0 Å². The fourth-order valence-electron chi connectivity index (χ4n) is 1.59. The maximum Gasteiger partial charge on any atom is 0.265 e. The van der Waals surface area contributed by atoms with Crippen molar-refractivity contribution in [1.82, 2.24) is 0 Å². The molecule has 0 N–H and O–H groups in total. The first-order valence-electron chi connectivity index (χ1n) is 5.58. The summed E-state index contributed by atoms with van der Waals surface area (Å²) < 4.78 is 55.0. The van der Waals surface area contributed by atoms with Gasteiger partial charge in [0.25, 0.3) is 9.05 Å². The lowest BCUT2D eigenvalue weighted by atomic mass is 10.2. The van der Waals surface area contributed by atoms with Crippen molar-refractivity contribution in [2.24, 2.45) is 0 Å². The topological polar surface area (TPSA) is 43.4 Å². The zero-order valence-electron chi connectivity index (χ0n) is 10.3. The molecule has 21 heavy (non-hydrogen) atoms. The smallest absolute Gasteiger partial charge is 0.265 e. The molecule has 0 heterocycles. The largest absolute Gasteiger partial charge is 0.487 e. The molecule has 8 heteroatoms. The molecule has 0 aliphatic rings. The van der Waals surface area contributed by atoms with Gasteiger partial charge in [0, 0.05) is 26.8 Å². The van der Waals surface area contributed by atoms with Gasteiger partial charge in [-0.15, -0.1) is 0 Å². The van der Waals surface area contributed by atoms with Crippen molar-refractivity contribution in [3.8, 4) is 5.75 Å². The number of ether oxygens (including phenoxy) is 1. The highest BCUT2D eigenvalue weighted by atomic mass is 79.9. The second kappa shape index (κ2) is 6.29. The summed E-state index contributed by atoms with van der Waals surface area (Å²) >= 11 is 3.12. The van der Waals surface area contributed by atoms with Crippen LogP contribution in [0.2, 0.25) is 0 Å². The zero-order chi connectivity index (χ0) is 15.6. The lowest BCUT2D eigenvalue weighted by molar-refractivity contribution is 0.291. The van der Waals surface area contributed by atoms with Crippen LogP contribution in [0.5, 0.6) is 5.75 Å². The van der Waals surface area contributed by atoms with Crippen molar-refractivity contribution in [2.75, 3.05) is 0 Å². The summed E-state index contributed by atoms with van der Waals surface area (Å²) in [5.74, 6) is -1.50. The molecule has 0 atom stereocenters. The molecule has 0 aliphatic carbocycles. The summed E-state index contributed by atoms with van der Waals surface area (Å²) in [4.78, 5) is -0.235. The molecular weight excluding hydrogens is 390 g/mol. The Morgan fingerprint density at radius 3 is 2.48 bits per heavy atom. The van der Waals surface area contributed by atoms with Gasteiger partial charge in [-0.05, 0) is 30.3 Å². The van der Waals surface area contributed by atoms with Gasteiger partial charge < -0.3 is 4.74 Å². The normalized spacial score (nSPS) is 11.4. The standard InChI is InChI=1S/C13H8BrClF2O3S/c14-9-2-4-12(13(5-9)21(15,18)19)20-7-8-1-3-10(16)6-11(8)17/h1-6H,7H2. The summed E-state index contributed by atoms with van der Waals surface area (Å²) in [5, 5.41) is 0. The zero-order valence-corrected chi connectivity index (χ0v) is 13.5. The van der Waals surface area contributed by atoms with E-state index in [4.69, 9.17) is 15.4 Å². The van der Waals surface area contributed by atoms with E-state index in [2.05, 4.69) is 15.9 Å². The van der Waals surface area contributed by atoms with E-state index in [1.165, 1.54) is 18.2 Å². The first-order chi connectivity index (χ1) is 9.77. The predicted molar refractivity (Wildman–Crippen MR) is 77.9 cm³/mol. The molecule has 2 aromatic rings. The van der Waals surface area contributed by atoms with Crippen LogP contribution in [0.3, 0.4) is 0 Å². The molecule has 2 aromatic carbocycles. The van der Waals surface area contributed by atoms with Crippen molar-refractivity contribution in [2.45, 2.75) is 11.5 Å². The van der Waals surface area contributed by atoms with Crippen molar-refractivity contribution < 1.29 is 21.9 Å². The van der Waals surface area contributed by atoms with Gasteiger partial charge in [-0.2, -0.15) is 0 Å². The monoisotopic (exact) mass is 396 g/mol. The highest BCUT2D eigenvalue weighted by Crippen LogP contribution is 2.30. The van der Waals surface area contributed by atoms with Crippen LogP contribution in [0.1, 0.15) is 5.56 Å². The highest BCUT2D eigenvalue weighted by molar-refractivity contribution is 9.10. The third-order valence-electron chi connectivity index (χ3n) is 2.57. The Morgan fingerprint density at radius 2 is 1.86 bits per heavy atom. The third kappa shape index (κ3) is 4.15. The average Bonchev–Trinajstić information content (AvgIpc) is 2.38. The van der Waals surface area contributed by atoms with Crippen LogP contribution < -0.4 is 4.74 Å². The number of hydrogen-bond donors (Lipinski definition) is 0. The van der Waals surface area contributed by atoms with E-state index < -0.39 is 20.7 Å². The van der Waals surface area contributed by atoms with Crippen molar-refractivity contribution in [3.05, 3.63) is 58.1 Å². The van der Waals surface area contributed by atoms with Crippen LogP contribution in [-0.4, -0.2) is 8.42 Å². The SMILES string of the molecule is O=S(=O)(Cl)c1cc(Br)ccc1OCc1ccc(F)cc1F. The van der Waals surface area contributed by atoms with Gasteiger partial charge in [-0.25, -0.2) is 17.2 Å². The molecule has 0 saturated heterocycles. The molecule has 0 fully saturated rings. The molecule has 0 aliphatic heterocycles. The van der Waals surface area contributed by atoms with Crippen LogP contribution >= 0.6 is 26.6 Å². The Labute approximate surface area is 133 Å². The molecule has 112 valence electrons. The van der Waals surface area contributed by atoms with Gasteiger partial charge in [0.15, 0.2) is 0 Å². The molecule has 3 nitrogen and oxygen atoms in total. The Balaban J connectivity index is 2.28. The fourth-order valence-corrected chi connectivity index (χ4v) is 3.10. The number of rotatable bonds is 4. The van der Waals surface area contributed by atoms with E-state index in [0.717, 1.165) is 12.1 Å². The summed E-state index contributed by atoms with van der Waals surface area (Å²) in [6.07, 6.45) is 0. The maximum atomic E-state index is 13.5. The van der Waals surface area contributed by atoms with Gasteiger partial charge in [0.1, 0.15) is 28.9 Å². The lowest BCUT2D eigenvalue weighted by Crippen LogP contribution is -2.02. The molecule has 2 rings (SSSR count). The van der Waals surface area contributed by atoms with Crippen molar-refractivity contribution in [3.63, 3.8) is 0 Å². The van der Waals surface area contributed by atoms with Crippen LogP contribution in [-0.2, 0) is 15.7 Å². The molecule has 0 amide bonds. The summed E-state index contributed by atoms with van der Waals surface area (Å²) in [6.45, 7) is -0.257. The second-order valence-corrected chi connectivity index (χ2v) is 7.50. The van der Waals surface area contributed by atoms with Gasteiger partial charge in [0.2, 0.25) is 0 Å². The van der Waals surface area contributed by atoms with Crippen LogP contribution in [0.25, 0.3) is 0 Å². The molecular formula is C13H8BrClF2O3S. The number of hydrogen-bond acceptors (Lipinski definition) is 3. The summed E-state index contributed by atoms with van der Waals surface area (Å²) in [6, 6.07) is 7.25. The Morgan fingerprint density at radius 1 is 1.14 bits per heavy atom. The Kier molecular flexibility index (Phi) is 4.85. The Hall–Kier alpha value is -1.18. The van der Waals surface area contributed by atoms with Crippen LogP contribution in [0.15, 0.2) is 45.8 Å². The quantitative estimate of drug-likeness (QED) is 0.725. The van der Waals surface area contributed by atoms with Crippen molar-refractivity contribution in [1.29, 1.82) is 0 Å². The van der Waals surface area contributed by atoms with Gasteiger partial charge >= 0.3 is 0 Å². The minimum Gasteiger partial charge on any atom is -0.487 e. The average molecular weight is 398 g/mol. The van der Waals surface area contributed by atoms with E-state index >= 15 is 0 Å². The van der Waals surface area contributed by atoms with Crippen molar-refractivity contribution >= 4 is 35.7 Å². The highest BCUT2D eigenvalue weighted by Gasteiger charge is 2.18. The molecule has 0 unspecified atom stereocenters. The molecule has 0 aromatic heterocycles. The van der Waals surface area contributed by atoms with Gasteiger partial charge in [-0.3, -0.25) is 0 Å². The minimum atomic E-state index is -4.01. The van der Waals surface area contributed by atoms with E-state index in [0.29, 0.717) is 4.47 Å².